The molecule has 0 amide bonds. The molecule has 1 atom stereocenters. The van der Waals surface area contributed by atoms with Crippen molar-refractivity contribution in [3.05, 3.63) is 34.9 Å². The van der Waals surface area contributed by atoms with Crippen molar-refractivity contribution < 1.29 is 9.53 Å². The Bertz CT molecular complexity index is 347. The largest absolute Gasteiger partial charge is 0.468 e. The minimum Gasteiger partial charge on any atom is -0.468 e. The lowest BCUT2D eigenvalue weighted by molar-refractivity contribution is -0.142. The molecule has 0 heterocycles. The molecule has 0 bridgehead atoms. The van der Waals surface area contributed by atoms with E-state index in [1.54, 1.807) is 0 Å². The predicted molar refractivity (Wildman–Crippen MR) is 54.9 cm³/mol. The van der Waals surface area contributed by atoms with Gasteiger partial charge in [-0.15, -0.1) is 0 Å². The van der Waals surface area contributed by atoms with Gasteiger partial charge in [0.1, 0.15) is 6.04 Å². The standard InChI is InChI=1S/C11H15NO2/c1-7-4-5-9(8(2)6-7)10(12)11(13)14-3/h4-6,10H,12H2,1-3H3/t10-/m0/s1. The lowest BCUT2D eigenvalue weighted by atomic mass is 10.00. The van der Waals surface area contributed by atoms with E-state index in [9.17, 15) is 4.79 Å². The van der Waals surface area contributed by atoms with Crippen LogP contribution in [0, 0.1) is 13.8 Å². The third-order valence-corrected chi connectivity index (χ3v) is 2.22. The number of carbonyl (C=O) groups is 1. The predicted octanol–water partition coefficient (Wildman–Crippen LogP) is 1.48. The van der Waals surface area contributed by atoms with Crippen molar-refractivity contribution in [3.63, 3.8) is 0 Å². The van der Waals surface area contributed by atoms with Gasteiger partial charge in [-0.1, -0.05) is 23.8 Å². The number of esters is 1. The van der Waals surface area contributed by atoms with Crippen LogP contribution in [0.4, 0.5) is 0 Å². The number of rotatable bonds is 2. The van der Waals surface area contributed by atoms with Crippen LogP contribution in [-0.2, 0) is 9.53 Å². The number of hydrogen-bond acceptors (Lipinski definition) is 3. The molecule has 1 rings (SSSR count). The highest BCUT2D eigenvalue weighted by molar-refractivity contribution is 5.77. The summed E-state index contributed by atoms with van der Waals surface area (Å²) in [6, 6.07) is 5.12. The average molecular weight is 193 g/mol. The second kappa shape index (κ2) is 4.24. The van der Waals surface area contributed by atoms with Gasteiger partial charge in [0.05, 0.1) is 7.11 Å². The van der Waals surface area contributed by atoms with E-state index >= 15 is 0 Å². The Labute approximate surface area is 83.9 Å². The first-order chi connectivity index (χ1) is 6.56. The van der Waals surface area contributed by atoms with Gasteiger partial charge in [0.25, 0.3) is 0 Å². The molecular weight excluding hydrogens is 178 g/mol. The monoisotopic (exact) mass is 193 g/mol. The molecule has 1 aromatic carbocycles. The molecule has 0 aromatic heterocycles. The molecule has 0 saturated carbocycles. The minimum atomic E-state index is -0.680. The first-order valence-electron chi connectivity index (χ1n) is 4.47. The molecule has 3 nitrogen and oxygen atoms in total. The van der Waals surface area contributed by atoms with Crippen molar-refractivity contribution >= 4 is 5.97 Å². The fourth-order valence-electron chi connectivity index (χ4n) is 1.43. The molecular formula is C11H15NO2. The number of benzene rings is 1. The number of aryl methyl sites for hydroxylation is 2. The normalized spacial score (nSPS) is 12.3. The van der Waals surface area contributed by atoms with Crippen molar-refractivity contribution in [1.82, 2.24) is 0 Å². The van der Waals surface area contributed by atoms with Crippen LogP contribution in [0.5, 0.6) is 0 Å². The van der Waals surface area contributed by atoms with Gasteiger partial charge in [-0.2, -0.15) is 0 Å². The summed E-state index contributed by atoms with van der Waals surface area (Å²) in [6.45, 7) is 3.94. The molecule has 0 aliphatic heterocycles. The number of hydrogen-bond donors (Lipinski definition) is 1. The first kappa shape index (κ1) is 10.7. The Balaban J connectivity index is 3.01. The zero-order valence-electron chi connectivity index (χ0n) is 8.70. The quantitative estimate of drug-likeness (QED) is 0.724. The van der Waals surface area contributed by atoms with Crippen molar-refractivity contribution in [2.75, 3.05) is 7.11 Å². The number of nitrogens with two attached hydrogens (primary N) is 1. The molecule has 0 spiro atoms. The van der Waals surface area contributed by atoms with E-state index in [1.165, 1.54) is 7.11 Å². The summed E-state index contributed by atoms with van der Waals surface area (Å²) in [7, 11) is 1.34. The fourth-order valence-corrected chi connectivity index (χ4v) is 1.43. The number of ether oxygens (including phenoxy) is 1. The Morgan fingerprint density at radius 1 is 1.43 bits per heavy atom. The van der Waals surface area contributed by atoms with Crippen LogP contribution in [0.3, 0.4) is 0 Å². The van der Waals surface area contributed by atoms with Crippen LogP contribution < -0.4 is 5.73 Å². The maximum absolute atomic E-state index is 11.2. The van der Waals surface area contributed by atoms with Gasteiger partial charge in [0.2, 0.25) is 0 Å². The van der Waals surface area contributed by atoms with E-state index in [0.29, 0.717) is 0 Å². The van der Waals surface area contributed by atoms with Crippen LogP contribution in [0.25, 0.3) is 0 Å². The van der Waals surface area contributed by atoms with Gasteiger partial charge in [-0.3, -0.25) is 4.79 Å². The lowest BCUT2D eigenvalue weighted by Gasteiger charge is -2.12. The molecule has 0 unspecified atom stereocenters. The highest BCUT2D eigenvalue weighted by atomic mass is 16.5. The van der Waals surface area contributed by atoms with Crippen LogP contribution in [-0.4, -0.2) is 13.1 Å². The van der Waals surface area contributed by atoms with E-state index in [0.717, 1.165) is 16.7 Å². The van der Waals surface area contributed by atoms with Gasteiger partial charge < -0.3 is 10.5 Å². The highest BCUT2D eigenvalue weighted by Gasteiger charge is 2.17. The maximum atomic E-state index is 11.2. The average Bonchev–Trinajstić information content (AvgIpc) is 2.15. The molecule has 3 heteroatoms. The van der Waals surface area contributed by atoms with Crippen molar-refractivity contribution in [3.8, 4) is 0 Å². The smallest absolute Gasteiger partial charge is 0.327 e. The third-order valence-electron chi connectivity index (χ3n) is 2.22. The van der Waals surface area contributed by atoms with E-state index in [2.05, 4.69) is 4.74 Å². The number of methoxy groups -OCH3 is 1. The number of carbonyl (C=O) groups excluding carboxylic acids is 1. The van der Waals surface area contributed by atoms with Crippen molar-refractivity contribution in [2.45, 2.75) is 19.9 Å². The molecule has 0 saturated heterocycles. The van der Waals surface area contributed by atoms with Crippen LogP contribution in [0.1, 0.15) is 22.7 Å². The van der Waals surface area contributed by atoms with Crippen LogP contribution >= 0.6 is 0 Å². The highest BCUT2D eigenvalue weighted by Crippen LogP contribution is 2.17. The van der Waals surface area contributed by atoms with Gasteiger partial charge in [0.15, 0.2) is 0 Å². The van der Waals surface area contributed by atoms with E-state index < -0.39 is 12.0 Å². The second-order valence-corrected chi connectivity index (χ2v) is 3.36. The van der Waals surface area contributed by atoms with E-state index in [1.807, 2.05) is 32.0 Å². The van der Waals surface area contributed by atoms with Crippen LogP contribution in [0.15, 0.2) is 18.2 Å². The van der Waals surface area contributed by atoms with E-state index in [-0.39, 0.29) is 0 Å². The third kappa shape index (κ3) is 2.12. The Morgan fingerprint density at radius 3 is 2.57 bits per heavy atom. The van der Waals surface area contributed by atoms with Gasteiger partial charge in [0, 0.05) is 0 Å². The lowest BCUT2D eigenvalue weighted by Crippen LogP contribution is -2.23. The van der Waals surface area contributed by atoms with Gasteiger partial charge >= 0.3 is 5.97 Å². The zero-order valence-corrected chi connectivity index (χ0v) is 8.70. The second-order valence-electron chi connectivity index (χ2n) is 3.36. The Morgan fingerprint density at radius 2 is 2.07 bits per heavy atom. The van der Waals surface area contributed by atoms with Gasteiger partial charge in [-0.05, 0) is 25.0 Å². The molecule has 2 N–H and O–H groups in total. The summed E-state index contributed by atoms with van der Waals surface area (Å²) in [5.41, 5.74) is 8.72. The summed E-state index contributed by atoms with van der Waals surface area (Å²) in [6.07, 6.45) is 0. The molecule has 76 valence electrons. The van der Waals surface area contributed by atoms with Crippen LogP contribution in [0.2, 0.25) is 0 Å². The summed E-state index contributed by atoms with van der Waals surface area (Å²) in [4.78, 5) is 11.2. The Hall–Kier alpha value is -1.35. The minimum absolute atomic E-state index is 0.406. The van der Waals surface area contributed by atoms with E-state index in [4.69, 9.17) is 5.73 Å². The summed E-state index contributed by atoms with van der Waals surface area (Å²) >= 11 is 0. The van der Waals surface area contributed by atoms with Crippen molar-refractivity contribution in [1.29, 1.82) is 0 Å². The maximum Gasteiger partial charge on any atom is 0.327 e. The molecule has 0 fully saturated rings. The summed E-state index contributed by atoms with van der Waals surface area (Å²) in [5, 5.41) is 0. The summed E-state index contributed by atoms with van der Waals surface area (Å²) in [5.74, 6) is -0.406. The molecule has 1 aromatic rings. The molecule has 0 aliphatic rings. The first-order valence-corrected chi connectivity index (χ1v) is 4.47. The Kier molecular flexibility index (Phi) is 3.25. The zero-order chi connectivity index (χ0) is 10.7. The van der Waals surface area contributed by atoms with Gasteiger partial charge in [-0.25, -0.2) is 0 Å². The topological polar surface area (TPSA) is 52.3 Å². The molecule has 0 radical (unpaired) electrons. The summed E-state index contributed by atoms with van der Waals surface area (Å²) < 4.78 is 4.59. The fraction of sp³-hybridized carbons (Fsp3) is 0.364. The van der Waals surface area contributed by atoms with Crippen molar-refractivity contribution in [2.24, 2.45) is 5.73 Å². The molecule has 14 heavy (non-hydrogen) atoms. The SMILES string of the molecule is COC(=O)[C@@H](N)c1ccc(C)cc1C. The molecule has 0 aliphatic carbocycles.